The van der Waals surface area contributed by atoms with Crippen LogP contribution in [-0.4, -0.2) is 73.6 Å². The van der Waals surface area contributed by atoms with Gasteiger partial charge in [-0.1, -0.05) is 13.8 Å². The second-order valence-electron chi connectivity index (χ2n) is 5.85. The summed E-state index contributed by atoms with van der Waals surface area (Å²) in [6, 6.07) is -0.291. The van der Waals surface area contributed by atoms with Crippen molar-refractivity contribution in [3.63, 3.8) is 0 Å². The molecule has 0 saturated carbocycles. The molecule has 0 aliphatic carbocycles. The van der Waals surface area contributed by atoms with Crippen molar-refractivity contribution in [2.24, 2.45) is 5.92 Å². The highest BCUT2D eigenvalue weighted by Gasteiger charge is 2.38. The topological polar surface area (TPSA) is 71.0 Å². The monoisotopic (exact) mass is 300 g/mol. The lowest BCUT2D eigenvalue weighted by molar-refractivity contribution is -0.129. The van der Waals surface area contributed by atoms with Crippen molar-refractivity contribution in [3.8, 4) is 0 Å². The minimum atomic E-state index is -0.630. The van der Waals surface area contributed by atoms with E-state index in [-0.39, 0.29) is 24.0 Å². The summed E-state index contributed by atoms with van der Waals surface area (Å²) in [5, 5.41) is 13.3. The van der Waals surface area contributed by atoms with Gasteiger partial charge in [-0.15, -0.1) is 0 Å². The number of ether oxygens (including phenoxy) is 2. The van der Waals surface area contributed by atoms with Crippen molar-refractivity contribution in [2.45, 2.75) is 44.9 Å². The van der Waals surface area contributed by atoms with Gasteiger partial charge in [-0.2, -0.15) is 0 Å². The van der Waals surface area contributed by atoms with Gasteiger partial charge in [0.1, 0.15) is 6.10 Å². The molecule has 2 heterocycles. The van der Waals surface area contributed by atoms with Gasteiger partial charge in [-0.3, -0.25) is 4.79 Å². The van der Waals surface area contributed by atoms with Crippen molar-refractivity contribution in [1.82, 2.24) is 10.2 Å². The van der Waals surface area contributed by atoms with Crippen LogP contribution in [0.4, 0.5) is 0 Å². The molecular formula is C15H28N2O4. The van der Waals surface area contributed by atoms with E-state index in [1.54, 1.807) is 0 Å². The lowest BCUT2D eigenvalue weighted by Gasteiger charge is -2.26. The van der Waals surface area contributed by atoms with Crippen LogP contribution in [0.1, 0.15) is 26.7 Å². The summed E-state index contributed by atoms with van der Waals surface area (Å²) in [6.07, 6.45) is 0.677. The molecule has 2 fully saturated rings. The van der Waals surface area contributed by atoms with Crippen molar-refractivity contribution in [3.05, 3.63) is 0 Å². The van der Waals surface area contributed by atoms with Crippen LogP contribution in [0.2, 0.25) is 0 Å². The number of aliphatic hydroxyl groups excluding tert-OH is 1. The molecule has 6 heteroatoms. The highest BCUT2D eigenvalue weighted by molar-refractivity contribution is 5.79. The summed E-state index contributed by atoms with van der Waals surface area (Å²) < 4.78 is 10.9. The third kappa shape index (κ3) is 4.39. The first-order chi connectivity index (χ1) is 10.2. The van der Waals surface area contributed by atoms with Crippen molar-refractivity contribution < 1.29 is 19.4 Å². The fraction of sp³-hybridized carbons (Fsp3) is 0.933. The molecule has 1 amide bonds. The number of aliphatic hydroxyl groups is 1. The fourth-order valence-corrected chi connectivity index (χ4v) is 2.97. The molecular weight excluding hydrogens is 272 g/mol. The molecule has 0 radical (unpaired) electrons. The van der Waals surface area contributed by atoms with Gasteiger partial charge in [0.2, 0.25) is 5.91 Å². The van der Waals surface area contributed by atoms with Crippen LogP contribution in [0.3, 0.4) is 0 Å². The van der Waals surface area contributed by atoms with Crippen molar-refractivity contribution in [2.75, 3.05) is 39.5 Å². The predicted octanol–water partition coefficient (Wildman–Crippen LogP) is -0.000700. The van der Waals surface area contributed by atoms with Crippen molar-refractivity contribution in [1.29, 1.82) is 0 Å². The van der Waals surface area contributed by atoms with E-state index < -0.39 is 6.10 Å². The number of carbonyl (C=O) groups is 1. The van der Waals surface area contributed by atoms with E-state index in [4.69, 9.17) is 9.47 Å². The van der Waals surface area contributed by atoms with Crippen LogP contribution >= 0.6 is 0 Å². The van der Waals surface area contributed by atoms with Gasteiger partial charge < -0.3 is 24.8 Å². The van der Waals surface area contributed by atoms with E-state index in [2.05, 4.69) is 24.1 Å². The number of rotatable bonds is 6. The Labute approximate surface area is 126 Å². The number of nitrogens with one attached hydrogen (secondary N) is 1. The lowest BCUT2D eigenvalue weighted by atomic mass is 9.98. The first-order valence-electron chi connectivity index (χ1n) is 8.05. The SMILES string of the molecule is CCN(CC)C[C@@H]1OCC(NC(=O)C2CCOCC2)[C@H]1O. The minimum Gasteiger partial charge on any atom is -0.388 e. The smallest absolute Gasteiger partial charge is 0.223 e. The third-order valence-electron chi connectivity index (χ3n) is 4.54. The molecule has 2 aliphatic rings. The number of carbonyl (C=O) groups excluding carboxylic acids is 1. The zero-order valence-electron chi connectivity index (χ0n) is 13.1. The maximum Gasteiger partial charge on any atom is 0.223 e. The van der Waals surface area contributed by atoms with Gasteiger partial charge in [-0.05, 0) is 25.9 Å². The summed E-state index contributed by atoms with van der Waals surface area (Å²) in [5.74, 6) is 0.0298. The summed E-state index contributed by atoms with van der Waals surface area (Å²) in [6.45, 7) is 8.44. The van der Waals surface area contributed by atoms with Crippen LogP contribution in [0.15, 0.2) is 0 Å². The Kier molecular flexibility index (Phi) is 6.41. The largest absolute Gasteiger partial charge is 0.388 e. The van der Waals surface area contributed by atoms with Gasteiger partial charge in [-0.25, -0.2) is 0 Å². The highest BCUT2D eigenvalue weighted by atomic mass is 16.5. The normalized spacial score (nSPS) is 30.8. The van der Waals surface area contributed by atoms with Crippen LogP contribution in [0.25, 0.3) is 0 Å². The van der Waals surface area contributed by atoms with Crippen LogP contribution in [0.5, 0.6) is 0 Å². The van der Waals surface area contributed by atoms with Crippen LogP contribution in [0, 0.1) is 5.92 Å². The molecule has 0 bridgehead atoms. The maximum absolute atomic E-state index is 12.2. The summed E-state index contributed by atoms with van der Waals surface area (Å²) in [5.41, 5.74) is 0. The minimum absolute atomic E-state index is 0.00721. The molecule has 0 aromatic rings. The number of hydrogen-bond acceptors (Lipinski definition) is 5. The molecule has 0 spiro atoms. The molecule has 3 atom stereocenters. The number of amides is 1. The summed E-state index contributed by atoms with van der Waals surface area (Å²) >= 11 is 0. The predicted molar refractivity (Wildman–Crippen MR) is 79.0 cm³/mol. The lowest BCUT2D eigenvalue weighted by Crippen LogP contribution is -2.48. The third-order valence-corrected chi connectivity index (χ3v) is 4.54. The molecule has 0 aromatic carbocycles. The van der Waals surface area contributed by atoms with E-state index in [1.807, 2.05) is 0 Å². The Morgan fingerprint density at radius 3 is 2.57 bits per heavy atom. The molecule has 2 aliphatic heterocycles. The molecule has 6 nitrogen and oxygen atoms in total. The summed E-state index contributed by atoms with van der Waals surface area (Å²) in [4.78, 5) is 14.4. The second kappa shape index (κ2) is 8.08. The number of likely N-dealkylation sites (N-methyl/N-ethyl adjacent to an activating group) is 1. The first-order valence-corrected chi connectivity index (χ1v) is 8.05. The highest BCUT2D eigenvalue weighted by Crippen LogP contribution is 2.19. The van der Waals surface area contributed by atoms with Crippen LogP contribution in [-0.2, 0) is 14.3 Å². The summed E-state index contributed by atoms with van der Waals surface area (Å²) in [7, 11) is 0. The molecule has 21 heavy (non-hydrogen) atoms. The first kappa shape index (κ1) is 16.7. The Bertz CT molecular complexity index is 330. The van der Waals surface area contributed by atoms with E-state index in [0.717, 1.165) is 25.9 Å². The second-order valence-corrected chi connectivity index (χ2v) is 5.85. The zero-order valence-corrected chi connectivity index (χ0v) is 13.1. The van der Waals surface area contributed by atoms with E-state index in [0.29, 0.717) is 26.4 Å². The number of hydrogen-bond donors (Lipinski definition) is 2. The molecule has 2 N–H and O–H groups in total. The molecule has 1 unspecified atom stereocenters. The molecule has 0 aromatic heterocycles. The fourth-order valence-electron chi connectivity index (χ4n) is 2.97. The van der Waals surface area contributed by atoms with Gasteiger partial charge in [0.05, 0.1) is 18.8 Å². The standard InChI is InChI=1S/C15H28N2O4/c1-3-17(4-2)9-13-14(18)12(10-21-13)16-15(19)11-5-7-20-8-6-11/h11-14,18H,3-10H2,1-2H3,(H,16,19)/t12?,13-,14+/m0/s1. The Morgan fingerprint density at radius 2 is 1.95 bits per heavy atom. The Hall–Kier alpha value is -0.690. The maximum atomic E-state index is 12.2. The number of nitrogens with zero attached hydrogens (tertiary/aromatic N) is 1. The van der Waals surface area contributed by atoms with E-state index in [9.17, 15) is 9.90 Å². The van der Waals surface area contributed by atoms with Gasteiger partial charge in [0.25, 0.3) is 0 Å². The van der Waals surface area contributed by atoms with E-state index in [1.165, 1.54) is 0 Å². The average molecular weight is 300 g/mol. The Morgan fingerprint density at radius 1 is 1.29 bits per heavy atom. The van der Waals surface area contributed by atoms with Gasteiger partial charge in [0, 0.05) is 25.7 Å². The quantitative estimate of drug-likeness (QED) is 0.722. The van der Waals surface area contributed by atoms with Gasteiger partial charge >= 0.3 is 0 Å². The van der Waals surface area contributed by atoms with Gasteiger partial charge in [0.15, 0.2) is 0 Å². The van der Waals surface area contributed by atoms with Crippen LogP contribution < -0.4 is 5.32 Å². The molecule has 2 rings (SSSR count). The Balaban J connectivity index is 1.80. The van der Waals surface area contributed by atoms with Crippen molar-refractivity contribution >= 4 is 5.91 Å². The van der Waals surface area contributed by atoms with E-state index >= 15 is 0 Å². The molecule has 2 saturated heterocycles. The molecule has 122 valence electrons. The zero-order chi connectivity index (χ0) is 15.2. The average Bonchev–Trinajstić information content (AvgIpc) is 2.86.